The normalized spacial score (nSPS) is 19.8. The summed E-state index contributed by atoms with van der Waals surface area (Å²) >= 11 is 0. The van der Waals surface area contributed by atoms with Crippen LogP contribution in [0.25, 0.3) is 0 Å². The van der Waals surface area contributed by atoms with Crippen molar-refractivity contribution >= 4 is 5.91 Å². The first-order valence-electron chi connectivity index (χ1n) is 4.83. The monoisotopic (exact) mass is 207 g/mol. The second-order valence-electron chi connectivity index (χ2n) is 3.41. The van der Waals surface area contributed by atoms with E-state index in [0.717, 1.165) is 5.69 Å². The lowest BCUT2D eigenvalue weighted by atomic mass is 10.1. The summed E-state index contributed by atoms with van der Waals surface area (Å²) in [6.07, 6.45) is 2.95. The number of amides is 1. The first-order chi connectivity index (χ1) is 7.27. The number of hydrogen-bond donors (Lipinski definition) is 1. The van der Waals surface area contributed by atoms with Gasteiger partial charge >= 0.3 is 0 Å². The summed E-state index contributed by atoms with van der Waals surface area (Å²) in [5.74, 6) is -0.151. The summed E-state index contributed by atoms with van der Waals surface area (Å²) in [5, 5.41) is 13.4. The predicted octanol–water partition coefficient (Wildman–Crippen LogP) is -0.0553. The summed E-state index contributed by atoms with van der Waals surface area (Å²) in [4.78, 5) is 13.2. The molecule has 5 nitrogen and oxygen atoms in total. The molecular weight excluding hydrogens is 194 g/mol. The average Bonchev–Trinajstić information content (AvgIpc) is 2.74. The van der Waals surface area contributed by atoms with Gasteiger partial charge in [-0.15, -0.1) is 0 Å². The van der Waals surface area contributed by atoms with Gasteiger partial charge in [-0.25, -0.2) is 0 Å². The number of aliphatic hydroxyl groups is 1. The Labute approximate surface area is 87.6 Å². The molecule has 2 rings (SSSR count). The molecule has 1 aromatic rings. The van der Waals surface area contributed by atoms with Crippen molar-refractivity contribution in [1.29, 1.82) is 0 Å². The highest BCUT2D eigenvalue weighted by atomic mass is 16.3. The number of carbonyl (C=O) groups is 1. The Bertz CT molecular complexity index is 386. The van der Waals surface area contributed by atoms with Gasteiger partial charge in [-0.05, 0) is 12.1 Å². The van der Waals surface area contributed by atoms with Gasteiger partial charge in [0.25, 0.3) is 0 Å². The highest BCUT2D eigenvalue weighted by Crippen LogP contribution is 2.24. The summed E-state index contributed by atoms with van der Waals surface area (Å²) in [6.45, 7) is 4.59. The molecule has 0 fully saturated rings. The summed E-state index contributed by atoms with van der Waals surface area (Å²) < 4.78 is 1.81. The topological polar surface area (TPSA) is 58.4 Å². The van der Waals surface area contributed by atoms with Crippen LogP contribution < -0.4 is 0 Å². The zero-order chi connectivity index (χ0) is 10.8. The van der Waals surface area contributed by atoms with Crippen LogP contribution >= 0.6 is 0 Å². The molecular formula is C10H13N3O2. The lowest BCUT2D eigenvalue weighted by molar-refractivity contribution is -0.130. The number of rotatable bonds is 2. The molecule has 0 saturated carbocycles. The zero-order valence-corrected chi connectivity index (χ0v) is 8.33. The highest BCUT2D eigenvalue weighted by Gasteiger charge is 2.29. The van der Waals surface area contributed by atoms with Crippen LogP contribution in [0.4, 0.5) is 0 Å². The number of aliphatic hydroxyl groups excluding tert-OH is 1. The molecule has 1 atom stereocenters. The average molecular weight is 207 g/mol. The number of hydrogen-bond acceptors (Lipinski definition) is 3. The maximum Gasteiger partial charge on any atom is 0.246 e. The Morgan fingerprint density at radius 3 is 3.20 bits per heavy atom. The van der Waals surface area contributed by atoms with Crippen LogP contribution in [0, 0.1) is 0 Å². The second-order valence-corrected chi connectivity index (χ2v) is 3.41. The van der Waals surface area contributed by atoms with Crippen molar-refractivity contribution < 1.29 is 9.90 Å². The van der Waals surface area contributed by atoms with E-state index in [2.05, 4.69) is 11.7 Å². The van der Waals surface area contributed by atoms with E-state index < -0.39 is 0 Å². The molecule has 1 unspecified atom stereocenters. The minimum absolute atomic E-state index is 0.0920. The Hall–Kier alpha value is -1.62. The minimum atomic E-state index is -0.299. The van der Waals surface area contributed by atoms with Gasteiger partial charge in [-0.2, -0.15) is 5.10 Å². The van der Waals surface area contributed by atoms with E-state index in [1.165, 1.54) is 6.08 Å². The van der Waals surface area contributed by atoms with Gasteiger partial charge in [0.15, 0.2) is 0 Å². The fourth-order valence-electron chi connectivity index (χ4n) is 1.90. The van der Waals surface area contributed by atoms with E-state index in [9.17, 15) is 9.90 Å². The van der Waals surface area contributed by atoms with Crippen LogP contribution in [0.3, 0.4) is 0 Å². The molecule has 15 heavy (non-hydrogen) atoms. The Kier molecular flexibility index (Phi) is 2.55. The molecule has 0 spiro atoms. The van der Waals surface area contributed by atoms with Gasteiger partial charge in [0, 0.05) is 12.7 Å². The molecule has 80 valence electrons. The van der Waals surface area contributed by atoms with Crippen LogP contribution in [0.15, 0.2) is 24.9 Å². The van der Waals surface area contributed by atoms with Crippen LogP contribution in [-0.4, -0.2) is 38.8 Å². The predicted molar refractivity (Wildman–Crippen MR) is 54.0 cm³/mol. The molecule has 1 aliphatic rings. The fourth-order valence-corrected chi connectivity index (χ4v) is 1.90. The lowest BCUT2D eigenvalue weighted by Gasteiger charge is -2.34. The van der Waals surface area contributed by atoms with Crippen molar-refractivity contribution in [3.05, 3.63) is 30.6 Å². The third-order valence-electron chi connectivity index (χ3n) is 2.65. The van der Waals surface area contributed by atoms with E-state index in [-0.39, 0.29) is 18.6 Å². The second kappa shape index (κ2) is 3.86. The van der Waals surface area contributed by atoms with Gasteiger partial charge in [-0.3, -0.25) is 9.48 Å². The van der Waals surface area contributed by atoms with Gasteiger partial charge in [0.2, 0.25) is 5.91 Å². The van der Waals surface area contributed by atoms with Crippen LogP contribution in [-0.2, 0) is 11.3 Å². The van der Waals surface area contributed by atoms with Crippen molar-refractivity contribution in [3.63, 3.8) is 0 Å². The molecule has 0 aromatic carbocycles. The summed E-state index contributed by atoms with van der Waals surface area (Å²) in [6, 6.07) is 1.52. The van der Waals surface area contributed by atoms with Crippen molar-refractivity contribution in [1.82, 2.24) is 14.7 Å². The first kappa shape index (κ1) is 9.92. The van der Waals surface area contributed by atoms with Crippen molar-refractivity contribution in [2.75, 3.05) is 13.2 Å². The van der Waals surface area contributed by atoms with Gasteiger partial charge in [-0.1, -0.05) is 6.58 Å². The van der Waals surface area contributed by atoms with Crippen LogP contribution in [0.5, 0.6) is 0 Å². The quantitative estimate of drug-likeness (QED) is 0.691. The van der Waals surface area contributed by atoms with Gasteiger partial charge < -0.3 is 10.0 Å². The Morgan fingerprint density at radius 2 is 2.53 bits per heavy atom. The van der Waals surface area contributed by atoms with E-state index in [1.54, 1.807) is 11.1 Å². The standard InChI is InChI=1S/C10H13N3O2/c1-2-10(15)12-5-6-13-8(3-4-11-13)9(12)7-14/h2-4,9,14H,1,5-7H2. The number of carbonyl (C=O) groups excluding carboxylic acids is 1. The number of aromatic nitrogens is 2. The van der Waals surface area contributed by atoms with Crippen molar-refractivity contribution in [2.45, 2.75) is 12.6 Å². The molecule has 5 heteroatoms. The fraction of sp³-hybridized carbons (Fsp3) is 0.400. The molecule has 1 amide bonds. The minimum Gasteiger partial charge on any atom is -0.394 e. The molecule has 1 aliphatic heterocycles. The SMILES string of the molecule is C=CC(=O)N1CCn2nccc2C1CO. The molecule has 0 aliphatic carbocycles. The Morgan fingerprint density at radius 1 is 1.73 bits per heavy atom. The van der Waals surface area contributed by atoms with E-state index >= 15 is 0 Å². The first-order valence-corrected chi connectivity index (χ1v) is 4.83. The van der Waals surface area contributed by atoms with Crippen LogP contribution in [0.2, 0.25) is 0 Å². The third-order valence-corrected chi connectivity index (χ3v) is 2.65. The zero-order valence-electron chi connectivity index (χ0n) is 8.33. The van der Waals surface area contributed by atoms with Gasteiger partial charge in [0.05, 0.1) is 24.9 Å². The summed E-state index contributed by atoms with van der Waals surface area (Å²) in [5.41, 5.74) is 0.874. The smallest absolute Gasteiger partial charge is 0.246 e. The van der Waals surface area contributed by atoms with Crippen molar-refractivity contribution in [3.8, 4) is 0 Å². The number of fused-ring (bicyclic) bond motifs is 1. The molecule has 0 bridgehead atoms. The highest BCUT2D eigenvalue weighted by molar-refractivity contribution is 5.87. The van der Waals surface area contributed by atoms with Crippen LogP contribution in [0.1, 0.15) is 11.7 Å². The lowest BCUT2D eigenvalue weighted by Crippen LogP contribution is -2.42. The van der Waals surface area contributed by atoms with E-state index in [4.69, 9.17) is 0 Å². The summed E-state index contributed by atoms with van der Waals surface area (Å²) in [7, 11) is 0. The molecule has 0 radical (unpaired) electrons. The van der Waals surface area contributed by atoms with Gasteiger partial charge in [0.1, 0.15) is 0 Å². The molecule has 1 N–H and O–H groups in total. The third kappa shape index (κ3) is 1.55. The van der Waals surface area contributed by atoms with E-state index in [0.29, 0.717) is 13.1 Å². The molecule has 1 aromatic heterocycles. The molecule has 2 heterocycles. The Balaban J connectivity index is 2.32. The largest absolute Gasteiger partial charge is 0.394 e. The number of nitrogens with zero attached hydrogens (tertiary/aromatic N) is 3. The maximum absolute atomic E-state index is 11.5. The van der Waals surface area contributed by atoms with E-state index in [1.807, 2.05) is 10.7 Å². The maximum atomic E-state index is 11.5. The molecule has 0 saturated heterocycles. The van der Waals surface area contributed by atoms with Crippen molar-refractivity contribution in [2.24, 2.45) is 0 Å².